The second kappa shape index (κ2) is 13.0. The van der Waals surface area contributed by atoms with Gasteiger partial charge in [-0.1, -0.05) is 55.2 Å². The summed E-state index contributed by atoms with van der Waals surface area (Å²) in [5.74, 6) is 1.55. The van der Waals surface area contributed by atoms with E-state index >= 15 is 0 Å². The summed E-state index contributed by atoms with van der Waals surface area (Å²) in [6.07, 6.45) is 0. The minimum Gasteiger partial charge on any atom is -0.497 e. The quantitative estimate of drug-likeness (QED) is 0.450. The second-order valence-corrected chi connectivity index (χ2v) is 9.75. The number of amides is 2. The van der Waals surface area contributed by atoms with E-state index in [1.165, 1.54) is 11.8 Å². The number of nitrogens with one attached hydrogen (secondary N) is 1. The van der Waals surface area contributed by atoms with Crippen molar-refractivity contribution in [2.24, 2.45) is 5.92 Å². The summed E-state index contributed by atoms with van der Waals surface area (Å²) in [5.41, 5.74) is 1.81. The van der Waals surface area contributed by atoms with Crippen molar-refractivity contribution < 1.29 is 14.3 Å². The SMILES string of the molecule is COc1cccc(CN(C(=O)CSCc2ccc(Cl)cc2Cl)C(C)C(=O)NCC(C)C)c1. The number of carbonyl (C=O) groups is 2. The molecule has 2 aromatic rings. The van der Waals surface area contributed by atoms with Crippen LogP contribution in [0, 0.1) is 5.92 Å². The molecule has 0 aromatic heterocycles. The molecule has 0 saturated heterocycles. The number of carbonyl (C=O) groups excluding carboxylic acids is 2. The number of halogens is 2. The van der Waals surface area contributed by atoms with E-state index in [4.69, 9.17) is 27.9 Å². The molecule has 0 bridgehead atoms. The molecule has 2 rings (SSSR count). The monoisotopic (exact) mass is 496 g/mol. The average Bonchev–Trinajstić information content (AvgIpc) is 2.76. The smallest absolute Gasteiger partial charge is 0.242 e. The van der Waals surface area contributed by atoms with Crippen molar-refractivity contribution in [2.45, 2.75) is 39.1 Å². The molecule has 0 radical (unpaired) electrons. The standard InChI is InChI=1S/C24H30Cl2N2O3S/c1-16(2)12-27-24(30)17(3)28(13-18-6-5-7-21(10-18)31-4)23(29)15-32-14-19-8-9-20(25)11-22(19)26/h5-11,16-17H,12-15H2,1-4H3,(H,27,30). The molecule has 0 spiro atoms. The van der Waals surface area contributed by atoms with E-state index in [0.717, 1.165) is 11.1 Å². The van der Waals surface area contributed by atoms with E-state index in [1.54, 1.807) is 31.1 Å². The zero-order chi connectivity index (χ0) is 23.7. The zero-order valence-corrected chi connectivity index (χ0v) is 21.2. The van der Waals surface area contributed by atoms with Crippen LogP contribution in [0.5, 0.6) is 5.75 Å². The summed E-state index contributed by atoms with van der Waals surface area (Å²) in [6.45, 7) is 6.70. The van der Waals surface area contributed by atoms with Crippen LogP contribution in [0.3, 0.4) is 0 Å². The molecule has 1 unspecified atom stereocenters. The van der Waals surface area contributed by atoms with E-state index in [-0.39, 0.29) is 17.6 Å². The molecule has 2 aromatic carbocycles. The molecule has 1 atom stereocenters. The van der Waals surface area contributed by atoms with Crippen LogP contribution in [0.1, 0.15) is 31.9 Å². The van der Waals surface area contributed by atoms with Gasteiger partial charge in [-0.25, -0.2) is 0 Å². The molecule has 1 N–H and O–H groups in total. The first kappa shape index (κ1) is 26.4. The third-order valence-electron chi connectivity index (χ3n) is 4.84. The van der Waals surface area contributed by atoms with Gasteiger partial charge in [0.2, 0.25) is 11.8 Å². The molecule has 0 fully saturated rings. The van der Waals surface area contributed by atoms with Crippen molar-refractivity contribution in [3.63, 3.8) is 0 Å². The Hall–Kier alpha value is -1.89. The van der Waals surface area contributed by atoms with Crippen LogP contribution >= 0.6 is 35.0 Å². The first-order valence-electron chi connectivity index (χ1n) is 10.4. The number of benzene rings is 2. The Morgan fingerprint density at radius 1 is 1.12 bits per heavy atom. The van der Waals surface area contributed by atoms with Gasteiger partial charge >= 0.3 is 0 Å². The summed E-state index contributed by atoms with van der Waals surface area (Å²) in [4.78, 5) is 27.5. The van der Waals surface area contributed by atoms with Gasteiger partial charge in [0.1, 0.15) is 11.8 Å². The van der Waals surface area contributed by atoms with Crippen LogP contribution in [0.15, 0.2) is 42.5 Å². The van der Waals surface area contributed by atoms with Gasteiger partial charge in [-0.15, -0.1) is 11.8 Å². The fourth-order valence-electron chi connectivity index (χ4n) is 2.97. The predicted octanol–water partition coefficient (Wildman–Crippen LogP) is 5.42. The largest absolute Gasteiger partial charge is 0.497 e. The normalized spacial score (nSPS) is 11.8. The molecule has 0 heterocycles. The van der Waals surface area contributed by atoms with Crippen LogP contribution in [0.25, 0.3) is 0 Å². The first-order valence-corrected chi connectivity index (χ1v) is 12.3. The lowest BCUT2D eigenvalue weighted by Gasteiger charge is -2.29. The number of nitrogens with zero attached hydrogens (tertiary/aromatic N) is 1. The summed E-state index contributed by atoms with van der Waals surface area (Å²) >= 11 is 13.6. The van der Waals surface area contributed by atoms with Crippen LogP contribution in [0.4, 0.5) is 0 Å². The van der Waals surface area contributed by atoms with E-state index in [0.29, 0.717) is 40.6 Å². The van der Waals surface area contributed by atoms with Crippen LogP contribution < -0.4 is 10.1 Å². The molecule has 174 valence electrons. The summed E-state index contributed by atoms with van der Waals surface area (Å²) in [7, 11) is 1.60. The topological polar surface area (TPSA) is 58.6 Å². The lowest BCUT2D eigenvalue weighted by atomic mass is 10.1. The zero-order valence-electron chi connectivity index (χ0n) is 18.9. The predicted molar refractivity (Wildman–Crippen MR) is 133 cm³/mol. The Balaban J connectivity index is 2.10. The van der Waals surface area contributed by atoms with Crippen molar-refractivity contribution >= 4 is 46.8 Å². The highest BCUT2D eigenvalue weighted by Gasteiger charge is 2.26. The Morgan fingerprint density at radius 3 is 2.53 bits per heavy atom. The van der Waals surface area contributed by atoms with Gasteiger partial charge in [0, 0.05) is 28.9 Å². The molecule has 8 heteroatoms. The Kier molecular flexibility index (Phi) is 10.7. The molecule has 0 aliphatic rings. The molecule has 5 nitrogen and oxygen atoms in total. The Labute approximate surface area is 204 Å². The number of hydrogen-bond donors (Lipinski definition) is 1. The lowest BCUT2D eigenvalue weighted by Crippen LogP contribution is -2.48. The molecule has 2 amide bonds. The number of thioether (sulfide) groups is 1. The Bertz CT molecular complexity index is 924. The average molecular weight is 497 g/mol. The van der Waals surface area contributed by atoms with E-state index in [1.807, 2.05) is 44.2 Å². The van der Waals surface area contributed by atoms with Crippen molar-refractivity contribution in [1.29, 1.82) is 0 Å². The molecular weight excluding hydrogens is 467 g/mol. The highest BCUT2D eigenvalue weighted by molar-refractivity contribution is 7.99. The van der Waals surface area contributed by atoms with Gasteiger partial charge in [-0.05, 0) is 48.2 Å². The van der Waals surface area contributed by atoms with Gasteiger partial charge < -0.3 is 15.0 Å². The fourth-order valence-corrected chi connectivity index (χ4v) is 4.44. The maximum Gasteiger partial charge on any atom is 0.242 e. The van der Waals surface area contributed by atoms with Gasteiger partial charge in [-0.3, -0.25) is 9.59 Å². The van der Waals surface area contributed by atoms with Crippen LogP contribution in [-0.4, -0.2) is 42.2 Å². The third-order valence-corrected chi connectivity index (χ3v) is 6.39. The van der Waals surface area contributed by atoms with E-state index in [9.17, 15) is 9.59 Å². The summed E-state index contributed by atoms with van der Waals surface area (Å²) in [6, 6.07) is 12.2. The fraction of sp³-hybridized carbons (Fsp3) is 0.417. The molecule has 32 heavy (non-hydrogen) atoms. The number of methoxy groups -OCH3 is 1. The summed E-state index contributed by atoms with van der Waals surface area (Å²) in [5, 5.41) is 4.08. The van der Waals surface area contributed by atoms with Crippen molar-refractivity contribution in [1.82, 2.24) is 10.2 Å². The minimum absolute atomic E-state index is 0.116. The van der Waals surface area contributed by atoms with Gasteiger partial charge in [0.05, 0.1) is 12.9 Å². The highest BCUT2D eigenvalue weighted by atomic mass is 35.5. The van der Waals surface area contributed by atoms with Crippen molar-refractivity contribution in [3.8, 4) is 5.75 Å². The van der Waals surface area contributed by atoms with Crippen LogP contribution in [0.2, 0.25) is 10.0 Å². The highest BCUT2D eigenvalue weighted by Crippen LogP contribution is 2.25. The number of hydrogen-bond acceptors (Lipinski definition) is 4. The third kappa shape index (κ3) is 8.23. The molecule has 0 aliphatic heterocycles. The van der Waals surface area contributed by atoms with Gasteiger partial charge in [0.15, 0.2) is 0 Å². The molecule has 0 aliphatic carbocycles. The first-order chi connectivity index (χ1) is 15.2. The maximum absolute atomic E-state index is 13.2. The number of rotatable bonds is 11. The van der Waals surface area contributed by atoms with Gasteiger partial charge in [0.25, 0.3) is 0 Å². The van der Waals surface area contributed by atoms with Crippen molar-refractivity contribution in [3.05, 3.63) is 63.6 Å². The van der Waals surface area contributed by atoms with E-state index < -0.39 is 6.04 Å². The summed E-state index contributed by atoms with van der Waals surface area (Å²) < 4.78 is 5.29. The number of ether oxygens (including phenoxy) is 1. The lowest BCUT2D eigenvalue weighted by molar-refractivity contribution is -0.138. The Morgan fingerprint density at radius 2 is 1.88 bits per heavy atom. The minimum atomic E-state index is -0.604. The maximum atomic E-state index is 13.2. The van der Waals surface area contributed by atoms with E-state index in [2.05, 4.69) is 5.32 Å². The van der Waals surface area contributed by atoms with Crippen LogP contribution in [-0.2, 0) is 21.9 Å². The second-order valence-electron chi connectivity index (χ2n) is 7.92. The van der Waals surface area contributed by atoms with Gasteiger partial charge in [-0.2, -0.15) is 0 Å². The van der Waals surface area contributed by atoms with Crippen molar-refractivity contribution in [2.75, 3.05) is 19.4 Å². The molecular formula is C24H30Cl2N2O3S. The molecule has 0 saturated carbocycles.